The van der Waals surface area contributed by atoms with E-state index in [1.54, 1.807) is 47.2 Å². The summed E-state index contributed by atoms with van der Waals surface area (Å²) in [5.74, 6) is -0.236. The van der Waals surface area contributed by atoms with Gasteiger partial charge in [-0.1, -0.05) is 30.4 Å². The van der Waals surface area contributed by atoms with Crippen LogP contribution in [0.4, 0.5) is 5.69 Å². The van der Waals surface area contributed by atoms with Gasteiger partial charge in [-0.25, -0.2) is 0 Å². The Balaban J connectivity index is 1.76. The van der Waals surface area contributed by atoms with E-state index in [0.29, 0.717) is 42.9 Å². The van der Waals surface area contributed by atoms with Crippen molar-refractivity contribution in [1.29, 1.82) is 0 Å². The number of amides is 1. The molecule has 1 aromatic carbocycles. The van der Waals surface area contributed by atoms with Gasteiger partial charge in [0, 0.05) is 43.8 Å². The first kappa shape index (κ1) is 21.7. The molecule has 1 aliphatic rings. The fourth-order valence-corrected chi connectivity index (χ4v) is 3.69. The van der Waals surface area contributed by atoms with Crippen molar-refractivity contribution in [1.82, 2.24) is 15.0 Å². The van der Waals surface area contributed by atoms with Gasteiger partial charge >= 0.3 is 0 Å². The molecule has 160 valence electrons. The zero-order chi connectivity index (χ0) is 21.7. The van der Waals surface area contributed by atoms with E-state index in [4.69, 9.17) is 9.84 Å². The summed E-state index contributed by atoms with van der Waals surface area (Å²) < 4.78 is 7.01. The maximum absolute atomic E-state index is 13.1. The summed E-state index contributed by atoms with van der Waals surface area (Å²) in [6.45, 7) is 6.51. The van der Waals surface area contributed by atoms with Crippen LogP contribution in [0.2, 0.25) is 0 Å². The fourth-order valence-electron chi connectivity index (χ4n) is 3.69. The van der Waals surface area contributed by atoms with Gasteiger partial charge in [0.2, 0.25) is 0 Å². The molecule has 0 spiro atoms. The molecule has 0 aliphatic carbocycles. The van der Waals surface area contributed by atoms with E-state index in [9.17, 15) is 9.90 Å². The third-order valence-electron chi connectivity index (χ3n) is 5.35. The number of benzene rings is 1. The lowest BCUT2D eigenvalue weighted by molar-refractivity contribution is -0.139. The van der Waals surface area contributed by atoms with E-state index < -0.39 is 11.5 Å². The Labute approximate surface area is 176 Å². The highest BCUT2D eigenvalue weighted by Crippen LogP contribution is 2.46. The molecule has 1 amide bonds. The van der Waals surface area contributed by atoms with Gasteiger partial charge in [0.15, 0.2) is 5.60 Å². The van der Waals surface area contributed by atoms with E-state index in [1.165, 1.54) is 0 Å². The number of aromatic nitrogens is 3. The maximum atomic E-state index is 13.1. The molecule has 2 heterocycles. The van der Waals surface area contributed by atoms with Gasteiger partial charge in [-0.2, -0.15) is 0 Å². The summed E-state index contributed by atoms with van der Waals surface area (Å²) in [5.41, 5.74) is 0.275. The number of ether oxygens (including phenoxy) is 1. The number of carbonyl (C=O) groups is 1. The summed E-state index contributed by atoms with van der Waals surface area (Å²) in [6, 6.07) is 5.29. The molecule has 0 radical (unpaired) electrons. The highest BCUT2D eigenvalue weighted by Gasteiger charge is 2.52. The average Bonchev–Trinajstić information content (AvgIpc) is 3.28. The summed E-state index contributed by atoms with van der Waals surface area (Å²) in [6.07, 6.45) is 8.37. The number of aryl methyl sites for hydroxylation is 1. The van der Waals surface area contributed by atoms with E-state index >= 15 is 0 Å². The summed E-state index contributed by atoms with van der Waals surface area (Å²) in [5, 5.41) is 28.5. The number of aliphatic hydroxyl groups excluding tert-OH is 1. The van der Waals surface area contributed by atoms with Gasteiger partial charge in [-0.3, -0.25) is 9.48 Å². The van der Waals surface area contributed by atoms with E-state index in [0.717, 1.165) is 5.69 Å². The molecule has 0 fully saturated rings. The van der Waals surface area contributed by atoms with Crippen molar-refractivity contribution in [3.05, 3.63) is 60.5 Å². The number of nitrogens with zero attached hydrogens (tertiary/aromatic N) is 4. The van der Waals surface area contributed by atoms with E-state index in [-0.39, 0.29) is 12.5 Å². The molecule has 2 atom stereocenters. The zero-order valence-corrected chi connectivity index (χ0v) is 17.4. The largest absolute Gasteiger partial charge is 0.497 e. The third-order valence-corrected chi connectivity index (χ3v) is 5.35. The number of rotatable bonds is 10. The van der Waals surface area contributed by atoms with Crippen LogP contribution in [-0.2, 0) is 23.4 Å². The Hall–Kier alpha value is -2.97. The van der Waals surface area contributed by atoms with Crippen LogP contribution < -0.4 is 9.64 Å². The molecule has 0 unspecified atom stereocenters. The summed E-state index contributed by atoms with van der Waals surface area (Å²) >= 11 is 0. The Bertz CT molecular complexity index is 939. The molecule has 1 aliphatic heterocycles. The first-order valence-electron chi connectivity index (χ1n) is 9.96. The van der Waals surface area contributed by atoms with Gasteiger partial charge in [0.25, 0.3) is 5.91 Å². The number of carbonyl (C=O) groups excluding carboxylic acids is 1. The lowest BCUT2D eigenvalue weighted by atomic mass is 9.83. The van der Waals surface area contributed by atoms with E-state index in [1.807, 2.05) is 19.1 Å². The van der Waals surface area contributed by atoms with Crippen molar-refractivity contribution >= 4 is 11.6 Å². The minimum Gasteiger partial charge on any atom is -0.497 e. The van der Waals surface area contributed by atoms with Crippen LogP contribution in [0.25, 0.3) is 0 Å². The minimum atomic E-state index is -1.68. The number of aliphatic hydroxyl groups is 2. The quantitative estimate of drug-likeness (QED) is 0.578. The number of allylic oxidation sites excluding steroid dienone is 1. The monoisotopic (exact) mass is 412 g/mol. The number of fused-ring (bicyclic) bond motifs is 1. The average molecular weight is 412 g/mol. The van der Waals surface area contributed by atoms with Crippen molar-refractivity contribution in [2.75, 3.05) is 25.2 Å². The number of anilines is 1. The second-order valence-corrected chi connectivity index (χ2v) is 7.31. The second-order valence-electron chi connectivity index (χ2n) is 7.31. The topological polar surface area (TPSA) is 101 Å². The molecule has 0 saturated heterocycles. The SMILES string of the molecule is C=CCN1C(=O)[C@](O)([C@H](C)/C=C/CCn2cc(CCO)nn2)c2cc(OC)ccc21. The predicted molar refractivity (Wildman–Crippen MR) is 113 cm³/mol. The molecular weight excluding hydrogens is 384 g/mol. The Morgan fingerprint density at radius 2 is 2.20 bits per heavy atom. The first-order chi connectivity index (χ1) is 14.4. The van der Waals surface area contributed by atoms with Crippen LogP contribution in [0.15, 0.2) is 49.2 Å². The number of hydrogen-bond donors (Lipinski definition) is 2. The highest BCUT2D eigenvalue weighted by atomic mass is 16.5. The van der Waals surface area contributed by atoms with Crippen LogP contribution in [0.1, 0.15) is 24.6 Å². The van der Waals surface area contributed by atoms with Crippen LogP contribution in [0.3, 0.4) is 0 Å². The normalized spacial score (nSPS) is 19.3. The van der Waals surface area contributed by atoms with Crippen molar-refractivity contribution in [2.45, 2.75) is 31.9 Å². The molecule has 2 aromatic rings. The lowest BCUT2D eigenvalue weighted by Gasteiger charge is -2.27. The van der Waals surface area contributed by atoms with Crippen molar-refractivity contribution in [3.63, 3.8) is 0 Å². The smallest absolute Gasteiger partial charge is 0.264 e. The fraction of sp³-hybridized carbons (Fsp3) is 0.409. The minimum absolute atomic E-state index is 0.0395. The maximum Gasteiger partial charge on any atom is 0.264 e. The van der Waals surface area contributed by atoms with Gasteiger partial charge < -0.3 is 19.8 Å². The van der Waals surface area contributed by atoms with Gasteiger partial charge in [-0.05, 0) is 24.6 Å². The standard InChI is InChI=1S/C22H28N4O4/c1-4-11-26-20-9-8-18(30-3)14-19(20)22(29,21(26)28)16(2)7-5-6-12-25-15-17(10-13-27)23-24-25/h4-5,7-9,14-16,27,29H,1,6,10-13H2,2-3H3/b7-5+/t16-,22+/m1/s1. The molecule has 3 rings (SSSR count). The summed E-state index contributed by atoms with van der Waals surface area (Å²) in [7, 11) is 1.55. The molecule has 2 N–H and O–H groups in total. The molecule has 30 heavy (non-hydrogen) atoms. The van der Waals surface area contributed by atoms with Crippen LogP contribution in [0, 0.1) is 5.92 Å². The Kier molecular flexibility index (Phi) is 6.69. The molecule has 0 saturated carbocycles. The van der Waals surface area contributed by atoms with Gasteiger partial charge in [0.1, 0.15) is 5.75 Å². The predicted octanol–water partition coefficient (Wildman–Crippen LogP) is 1.82. The Morgan fingerprint density at radius 1 is 1.40 bits per heavy atom. The van der Waals surface area contributed by atoms with Crippen molar-refractivity contribution in [2.24, 2.45) is 5.92 Å². The Morgan fingerprint density at radius 3 is 2.90 bits per heavy atom. The van der Waals surface area contributed by atoms with Crippen LogP contribution in [-0.4, -0.2) is 51.4 Å². The van der Waals surface area contributed by atoms with Crippen LogP contribution >= 0.6 is 0 Å². The molecule has 1 aromatic heterocycles. The third kappa shape index (κ3) is 4.01. The number of hydrogen-bond acceptors (Lipinski definition) is 6. The van der Waals surface area contributed by atoms with Crippen LogP contribution in [0.5, 0.6) is 5.75 Å². The van der Waals surface area contributed by atoms with Gasteiger partial charge in [0.05, 0.1) is 18.5 Å². The second kappa shape index (κ2) is 9.23. The first-order valence-corrected chi connectivity index (χ1v) is 9.96. The molecule has 8 nitrogen and oxygen atoms in total. The van der Waals surface area contributed by atoms with Crippen molar-refractivity contribution in [3.8, 4) is 5.75 Å². The van der Waals surface area contributed by atoms with Crippen molar-refractivity contribution < 1.29 is 19.7 Å². The summed E-state index contributed by atoms with van der Waals surface area (Å²) in [4.78, 5) is 14.7. The van der Waals surface area contributed by atoms with E-state index in [2.05, 4.69) is 16.9 Å². The molecule has 8 heteroatoms. The zero-order valence-electron chi connectivity index (χ0n) is 17.4. The van der Waals surface area contributed by atoms with Gasteiger partial charge in [-0.15, -0.1) is 11.7 Å². The molecular formula is C22H28N4O4. The highest BCUT2D eigenvalue weighted by molar-refractivity contribution is 6.07. The number of methoxy groups -OCH3 is 1. The lowest BCUT2D eigenvalue weighted by Crippen LogP contribution is -2.44. The molecule has 0 bridgehead atoms.